The van der Waals surface area contributed by atoms with Gasteiger partial charge in [-0.3, -0.25) is 4.79 Å². The topological polar surface area (TPSA) is 90.1 Å². The Labute approximate surface area is 156 Å². The van der Waals surface area contributed by atoms with Crippen molar-refractivity contribution in [2.45, 2.75) is 6.92 Å². The van der Waals surface area contributed by atoms with Gasteiger partial charge in [0.1, 0.15) is 11.6 Å². The average molecular weight is 360 g/mol. The number of amides is 1. The Bertz CT molecular complexity index is 1060. The molecule has 3 heterocycles. The van der Waals surface area contributed by atoms with Gasteiger partial charge in [-0.05, 0) is 41.8 Å². The molecule has 0 spiro atoms. The number of anilines is 2. The van der Waals surface area contributed by atoms with Gasteiger partial charge in [0.25, 0.3) is 0 Å². The van der Waals surface area contributed by atoms with E-state index in [0.717, 1.165) is 27.6 Å². The van der Waals surface area contributed by atoms with Gasteiger partial charge in [0.15, 0.2) is 0 Å². The van der Waals surface area contributed by atoms with Crippen LogP contribution >= 0.6 is 0 Å². The number of aromatic nitrogens is 2. The van der Waals surface area contributed by atoms with Crippen molar-refractivity contribution >= 4 is 28.3 Å². The zero-order chi connectivity index (χ0) is 18.5. The number of nitrogens with zero attached hydrogens (tertiary/aromatic N) is 2. The first-order valence-electron chi connectivity index (χ1n) is 9.13. The number of ether oxygens (including phenoxy) is 1. The molecule has 2 aliphatic rings. The highest BCUT2D eigenvalue weighted by Crippen LogP contribution is 2.51. The Balaban J connectivity index is 1.47. The van der Waals surface area contributed by atoms with Crippen molar-refractivity contribution < 1.29 is 9.53 Å². The molecular weight excluding hydrogens is 340 g/mol. The molecule has 1 saturated heterocycles. The van der Waals surface area contributed by atoms with Gasteiger partial charge in [-0.1, -0.05) is 24.3 Å². The Morgan fingerprint density at radius 1 is 1.22 bits per heavy atom. The van der Waals surface area contributed by atoms with Crippen molar-refractivity contribution in [2.75, 3.05) is 24.3 Å². The second-order valence-corrected chi connectivity index (χ2v) is 7.38. The average Bonchev–Trinajstić information content (AvgIpc) is 3.14. The molecule has 1 aliphatic heterocycles. The van der Waals surface area contributed by atoms with Crippen LogP contribution in [0.5, 0.6) is 0 Å². The van der Waals surface area contributed by atoms with E-state index >= 15 is 0 Å². The van der Waals surface area contributed by atoms with Crippen LogP contribution in [-0.2, 0) is 9.53 Å². The Morgan fingerprint density at radius 2 is 2.00 bits per heavy atom. The molecule has 3 atom stereocenters. The lowest BCUT2D eigenvalue weighted by molar-refractivity contribution is -0.118. The first-order valence-corrected chi connectivity index (χ1v) is 9.13. The highest BCUT2D eigenvalue weighted by atomic mass is 16.5. The lowest BCUT2D eigenvalue weighted by atomic mass is 10.0. The summed E-state index contributed by atoms with van der Waals surface area (Å²) < 4.78 is 5.36. The highest BCUT2D eigenvalue weighted by Gasteiger charge is 2.58. The number of rotatable bonds is 3. The van der Waals surface area contributed by atoms with E-state index in [1.807, 2.05) is 43.3 Å². The molecule has 0 bridgehead atoms. The lowest BCUT2D eigenvalue weighted by Crippen LogP contribution is -2.19. The SMILES string of the molecule is Cc1ccccc1-c1cc2cc(NC(=O)C3[C@H]4COC[C@@H]34)ncc2c(N)n1. The van der Waals surface area contributed by atoms with E-state index in [0.29, 0.717) is 36.7 Å². The minimum Gasteiger partial charge on any atom is -0.383 e. The maximum absolute atomic E-state index is 12.5. The molecule has 1 amide bonds. The summed E-state index contributed by atoms with van der Waals surface area (Å²) in [7, 11) is 0. The van der Waals surface area contributed by atoms with Gasteiger partial charge in [-0.25, -0.2) is 9.97 Å². The van der Waals surface area contributed by atoms with Gasteiger partial charge in [0.2, 0.25) is 5.91 Å². The molecule has 2 aromatic heterocycles. The molecule has 6 heteroatoms. The quantitative estimate of drug-likeness (QED) is 0.749. The molecule has 1 saturated carbocycles. The van der Waals surface area contributed by atoms with Crippen molar-refractivity contribution in [1.29, 1.82) is 0 Å². The van der Waals surface area contributed by atoms with Gasteiger partial charge < -0.3 is 15.8 Å². The van der Waals surface area contributed by atoms with Crippen LogP contribution in [0.4, 0.5) is 11.6 Å². The molecule has 1 aliphatic carbocycles. The van der Waals surface area contributed by atoms with Crippen LogP contribution in [0.3, 0.4) is 0 Å². The van der Waals surface area contributed by atoms with Crippen molar-refractivity contribution in [1.82, 2.24) is 9.97 Å². The second kappa shape index (κ2) is 6.03. The summed E-state index contributed by atoms with van der Waals surface area (Å²) in [5.74, 6) is 1.81. The third kappa shape index (κ3) is 2.73. The monoisotopic (exact) mass is 360 g/mol. The number of benzene rings is 1. The van der Waals surface area contributed by atoms with E-state index < -0.39 is 0 Å². The fourth-order valence-electron chi connectivity index (χ4n) is 4.08. The maximum Gasteiger partial charge on any atom is 0.229 e. The maximum atomic E-state index is 12.5. The van der Waals surface area contributed by atoms with Gasteiger partial charge >= 0.3 is 0 Å². The normalized spacial score (nSPS) is 23.2. The smallest absolute Gasteiger partial charge is 0.229 e. The van der Waals surface area contributed by atoms with Gasteiger partial charge in [0.05, 0.1) is 18.9 Å². The number of pyridine rings is 2. The minimum absolute atomic E-state index is 0.0290. The molecule has 2 fully saturated rings. The fraction of sp³-hybridized carbons (Fsp3) is 0.286. The molecule has 3 N–H and O–H groups in total. The number of nitrogens with one attached hydrogen (secondary N) is 1. The van der Waals surface area contributed by atoms with Crippen molar-refractivity contribution in [3.8, 4) is 11.3 Å². The second-order valence-electron chi connectivity index (χ2n) is 7.38. The van der Waals surface area contributed by atoms with Crippen molar-refractivity contribution in [2.24, 2.45) is 17.8 Å². The molecule has 1 unspecified atom stereocenters. The summed E-state index contributed by atoms with van der Waals surface area (Å²) in [6.45, 7) is 3.43. The Morgan fingerprint density at radius 3 is 2.78 bits per heavy atom. The fourth-order valence-corrected chi connectivity index (χ4v) is 4.08. The molecular formula is C21H20N4O2. The predicted molar refractivity (Wildman–Crippen MR) is 104 cm³/mol. The van der Waals surface area contributed by atoms with E-state index in [4.69, 9.17) is 10.5 Å². The summed E-state index contributed by atoms with van der Waals surface area (Å²) in [6.07, 6.45) is 1.67. The molecule has 27 heavy (non-hydrogen) atoms. The molecule has 3 aromatic rings. The Kier molecular flexibility index (Phi) is 3.62. The third-order valence-electron chi connectivity index (χ3n) is 5.67. The summed E-state index contributed by atoms with van der Waals surface area (Å²) in [5, 5.41) is 4.64. The largest absolute Gasteiger partial charge is 0.383 e. The van der Waals surface area contributed by atoms with Crippen LogP contribution in [-0.4, -0.2) is 29.1 Å². The van der Waals surface area contributed by atoms with E-state index in [1.54, 1.807) is 6.20 Å². The summed E-state index contributed by atoms with van der Waals surface area (Å²) >= 11 is 0. The first-order chi connectivity index (χ1) is 13.1. The number of hydrogen-bond acceptors (Lipinski definition) is 5. The number of fused-ring (bicyclic) bond motifs is 2. The van der Waals surface area contributed by atoms with Gasteiger partial charge in [0, 0.05) is 23.1 Å². The van der Waals surface area contributed by atoms with E-state index in [2.05, 4.69) is 15.3 Å². The van der Waals surface area contributed by atoms with Crippen LogP contribution in [0.15, 0.2) is 42.6 Å². The van der Waals surface area contributed by atoms with Crippen LogP contribution in [0.25, 0.3) is 22.0 Å². The van der Waals surface area contributed by atoms with Crippen LogP contribution < -0.4 is 11.1 Å². The van der Waals surface area contributed by atoms with Gasteiger partial charge in [-0.2, -0.15) is 0 Å². The molecule has 1 aromatic carbocycles. The standard InChI is InChI=1S/C21H20N4O2/c1-11-4-2-3-5-13(11)17-6-12-7-18(23-8-14(12)20(22)24-17)25-21(26)19-15-9-27-10-16(15)19/h2-8,15-16,19H,9-10H2,1H3,(H2,22,24)(H,23,25,26)/t15-,16+,19?. The summed E-state index contributed by atoms with van der Waals surface area (Å²) in [4.78, 5) is 21.4. The highest BCUT2D eigenvalue weighted by molar-refractivity contribution is 5.98. The lowest BCUT2D eigenvalue weighted by Gasteiger charge is -2.10. The van der Waals surface area contributed by atoms with E-state index in [1.165, 1.54) is 0 Å². The summed E-state index contributed by atoms with van der Waals surface area (Å²) in [5.41, 5.74) is 9.15. The van der Waals surface area contributed by atoms with Crippen LogP contribution in [0.1, 0.15) is 5.56 Å². The molecule has 5 rings (SSSR count). The zero-order valence-electron chi connectivity index (χ0n) is 15.0. The number of hydrogen-bond donors (Lipinski definition) is 2. The molecule has 6 nitrogen and oxygen atoms in total. The number of carbonyl (C=O) groups is 1. The number of aryl methyl sites for hydroxylation is 1. The van der Waals surface area contributed by atoms with Crippen molar-refractivity contribution in [3.63, 3.8) is 0 Å². The van der Waals surface area contributed by atoms with E-state index in [9.17, 15) is 4.79 Å². The molecule has 0 radical (unpaired) electrons. The third-order valence-corrected chi connectivity index (χ3v) is 5.67. The number of carbonyl (C=O) groups excluding carboxylic acids is 1. The molecule has 136 valence electrons. The summed E-state index contributed by atoms with van der Waals surface area (Å²) in [6, 6.07) is 11.9. The number of nitrogens with two attached hydrogens (primary N) is 1. The number of nitrogen functional groups attached to an aromatic ring is 1. The zero-order valence-corrected chi connectivity index (χ0v) is 15.0. The minimum atomic E-state index is 0.0290. The van der Waals surface area contributed by atoms with E-state index in [-0.39, 0.29) is 11.8 Å². The van der Waals surface area contributed by atoms with Crippen LogP contribution in [0, 0.1) is 24.7 Å². The van der Waals surface area contributed by atoms with Crippen LogP contribution in [0.2, 0.25) is 0 Å². The first kappa shape index (κ1) is 16.2. The predicted octanol–water partition coefficient (Wildman–Crippen LogP) is 3.02. The van der Waals surface area contributed by atoms with Gasteiger partial charge in [-0.15, -0.1) is 0 Å². The Hall–Kier alpha value is -2.99. The van der Waals surface area contributed by atoms with Crippen molar-refractivity contribution in [3.05, 3.63) is 48.2 Å².